The summed E-state index contributed by atoms with van der Waals surface area (Å²) in [6, 6.07) is 6.99. The molecule has 1 aromatic heterocycles. The average Bonchev–Trinajstić information content (AvgIpc) is 2.70. The molecular weight excluding hydrogens is 301 g/mol. The molecule has 0 saturated carbocycles. The van der Waals surface area contributed by atoms with Gasteiger partial charge in [-0.1, -0.05) is 22.0 Å². The minimum atomic E-state index is -0.190. The second-order valence-corrected chi connectivity index (χ2v) is 5.76. The van der Waals surface area contributed by atoms with E-state index < -0.39 is 0 Å². The third-order valence-electron chi connectivity index (χ3n) is 2.79. The third-order valence-corrected chi connectivity index (χ3v) is 4.34. The van der Waals surface area contributed by atoms with Crippen molar-refractivity contribution >= 4 is 27.3 Å². The Balaban J connectivity index is 2.53. The number of halogens is 2. The van der Waals surface area contributed by atoms with E-state index in [1.54, 1.807) is 17.4 Å². The van der Waals surface area contributed by atoms with Crippen molar-refractivity contribution in [3.63, 3.8) is 0 Å². The molecule has 0 radical (unpaired) electrons. The second-order valence-electron chi connectivity index (χ2n) is 3.79. The van der Waals surface area contributed by atoms with Gasteiger partial charge in [0, 0.05) is 14.9 Å². The van der Waals surface area contributed by atoms with Gasteiger partial charge in [-0.05, 0) is 43.1 Å². The summed E-state index contributed by atoms with van der Waals surface area (Å²) < 4.78 is 14.7. The van der Waals surface area contributed by atoms with Crippen LogP contribution in [0.15, 0.2) is 34.1 Å². The smallest absolute Gasteiger partial charge is 0.129 e. The molecule has 0 aliphatic carbocycles. The molecular formula is C13H13BrFNS. The minimum absolute atomic E-state index is 0.114. The van der Waals surface area contributed by atoms with Gasteiger partial charge in [0.1, 0.15) is 5.82 Å². The average molecular weight is 314 g/mol. The number of nitrogens with one attached hydrogen (secondary N) is 1. The highest BCUT2D eigenvalue weighted by Gasteiger charge is 2.20. The van der Waals surface area contributed by atoms with Crippen molar-refractivity contribution in [3.05, 3.63) is 55.9 Å². The van der Waals surface area contributed by atoms with Crippen molar-refractivity contribution in [2.45, 2.75) is 13.0 Å². The van der Waals surface area contributed by atoms with E-state index in [4.69, 9.17) is 0 Å². The zero-order valence-corrected chi connectivity index (χ0v) is 12.0. The Bertz CT molecular complexity index is 504. The summed E-state index contributed by atoms with van der Waals surface area (Å²) in [4.78, 5) is 1.21. The van der Waals surface area contributed by atoms with Gasteiger partial charge >= 0.3 is 0 Å². The van der Waals surface area contributed by atoms with Gasteiger partial charge in [0.2, 0.25) is 0 Å². The summed E-state index contributed by atoms with van der Waals surface area (Å²) in [7, 11) is 1.85. The van der Waals surface area contributed by atoms with Crippen LogP contribution in [0.2, 0.25) is 0 Å². The van der Waals surface area contributed by atoms with Gasteiger partial charge < -0.3 is 5.32 Å². The van der Waals surface area contributed by atoms with Crippen molar-refractivity contribution in [2.75, 3.05) is 7.05 Å². The predicted molar refractivity (Wildman–Crippen MR) is 74.1 cm³/mol. The number of aryl methyl sites for hydroxylation is 1. The number of hydrogen-bond donors (Lipinski definition) is 1. The minimum Gasteiger partial charge on any atom is -0.309 e. The first-order valence-electron chi connectivity index (χ1n) is 5.30. The first-order valence-corrected chi connectivity index (χ1v) is 6.97. The Labute approximate surface area is 113 Å². The lowest BCUT2D eigenvalue weighted by Gasteiger charge is -2.19. The predicted octanol–water partition coefficient (Wildman–Crippen LogP) is 4.27. The van der Waals surface area contributed by atoms with Crippen LogP contribution in [0, 0.1) is 12.7 Å². The van der Waals surface area contributed by atoms with Gasteiger partial charge in [0.15, 0.2) is 0 Å². The van der Waals surface area contributed by atoms with Crippen LogP contribution < -0.4 is 5.32 Å². The van der Waals surface area contributed by atoms with Crippen LogP contribution in [0.3, 0.4) is 0 Å². The molecule has 2 aromatic rings. The van der Waals surface area contributed by atoms with Gasteiger partial charge in [-0.15, -0.1) is 11.3 Å². The molecule has 2 rings (SSSR count). The highest BCUT2D eigenvalue weighted by molar-refractivity contribution is 9.10. The molecule has 0 fully saturated rings. The summed E-state index contributed by atoms with van der Waals surface area (Å²) in [5.74, 6) is -0.190. The molecule has 0 amide bonds. The molecule has 0 spiro atoms. The standard InChI is InChI=1S/C13H13BrFNS/c1-8-9(6-7-17-8)13(16-2)12-10(14)4-3-5-11(12)15/h3-7,13,16H,1-2H3. The molecule has 90 valence electrons. The lowest BCUT2D eigenvalue weighted by molar-refractivity contribution is 0.573. The zero-order valence-electron chi connectivity index (χ0n) is 9.63. The monoisotopic (exact) mass is 313 g/mol. The van der Waals surface area contributed by atoms with Crippen LogP contribution in [0.1, 0.15) is 22.0 Å². The fourth-order valence-electron chi connectivity index (χ4n) is 1.94. The van der Waals surface area contributed by atoms with Gasteiger partial charge in [-0.2, -0.15) is 0 Å². The Morgan fingerprint density at radius 2 is 2.12 bits per heavy atom. The van der Waals surface area contributed by atoms with E-state index in [1.807, 2.05) is 24.6 Å². The summed E-state index contributed by atoms with van der Waals surface area (Å²) in [5.41, 5.74) is 1.79. The molecule has 0 bridgehead atoms. The van der Waals surface area contributed by atoms with E-state index in [9.17, 15) is 4.39 Å². The number of hydrogen-bond acceptors (Lipinski definition) is 2. The molecule has 1 aromatic carbocycles. The van der Waals surface area contributed by atoms with Crippen molar-refractivity contribution in [1.82, 2.24) is 5.32 Å². The fraction of sp³-hybridized carbons (Fsp3) is 0.231. The highest BCUT2D eigenvalue weighted by atomic mass is 79.9. The van der Waals surface area contributed by atoms with E-state index in [-0.39, 0.29) is 11.9 Å². The van der Waals surface area contributed by atoms with Gasteiger partial charge in [0.05, 0.1) is 6.04 Å². The van der Waals surface area contributed by atoms with Crippen molar-refractivity contribution < 1.29 is 4.39 Å². The molecule has 1 nitrogen and oxygen atoms in total. The lowest BCUT2D eigenvalue weighted by atomic mass is 9.99. The highest BCUT2D eigenvalue weighted by Crippen LogP contribution is 2.33. The molecule has 17 heavy (non-hydrogen) atoms. The SMILES string of the molecule is CNC(c1ccsc1C)c1c(F)cccc1Br. The Morgan fingerprint density at radius 3 is 2.65 bits per heavy atom. The van der Waals surface area contributed by atoms with Gasteiger partial charge in [-0.25, -0.2) is 4.39 Å². The lowest BCUT2D eigenvalue weighted by Crippen LogP contribution is -2.19. The van der Waals surface area contributed by atoms with Crippen LogP contribution in [0.25, 0.3) is 0 Å². The number of rotatable bonds is 3. The molecule has 0 aliphatic heterocycles. The second kappa shape index (κ2) is 5.29. The van der Waals surface area contributed by atoms with Crippen molar-refractivity contribution in [3.8, 4) is 0 Å². The van der Waals surface area contributed by atoms with E-state index in [1.165, 1.54) is 10.9 Å². The molecule has 1 heterocycles. The molecule has 0 aliphatic rings. The largest absolute Gasteiger partial charge is 0.309 e. The summed E-state index contributed by atoms with van der Waals surface area (Å²) in [6.07, 6.45) is 0. The molecule has 0 saturated heterocycles. The summed E-state index contributed by atoms with van der Waals surface area (Å²) in [6.45, 7) is 2.05. The quantitative estimate of drug-likeness (QED) is 0.892. The first kappa shape index (κ1) is 12.7. The van der Waals surface area contributed by atoms with Crippen molar-refractivity contribution in [1.29, 1.82) is 0 Å². The van der Waals surface area contributed by atoms with Crippen molar-refractivity contribution in [2.24, 2.45) is 0 Å². The number of thiophene rings is 1. The molecule has 1 atom stereocenters. The fourth-order valence-corrected chi connectivity index (χ4v) is 3.25. The van der Waals surface area contributed by atoms with Gasteiger partial charge in [0.25, 0.3) is 0 Å². The van der Waals surface area contributed by atoms with E-state index in [2.05, 4.69) is 28.2 Å². The van der Waals surface area contributed by atoms with E-state index in [0.717, 1.165) is 10.0 Å². The van der Waals surface area contributed by atoms with Gasteiger partial charge in [-0.3, -0.25) is 0 Å². The first-order chi connectivity index (χ1) is 8.15. The maximum absolute atomic E-state index is 13.9. The maximum atomic E-state index is 13.9. The summed E-state index contributed by atoms with van der Waals surface area (Å²) >= 11 is 5.10. The molecule has 4 heteroatoms. The number of benzene rings is 1. The summed E-state index contributed by atoms with van der Waals surface area (Å²) in [5, 5.41) is 5.21. The Hall–Kier alpha value is -0.710. The Kier molecular flexibility index (Phi) is 3.97. The van der Waals surface area contributed by atoms with Crippen LogP contribution in [-0.2, 0) is 0 Å². The topological polar surface area (TPSA) is 12.0 Å². The molecule has 1 N–H and O–H groups in total. The van der Waals surface area contributed by atoms with E-state index >= 15 is 0 Å². The van der Waals surface area contributed by atoms with E-state index in [0.29, 0.717) is 5.56 Å². The Morgan fingerprint density at radius 1 is 1.35 bits per heavy atom. The van der Waals surface area contributed by atoms with Crippen LogP contribution in [-0.4, -0.2) is 7.05 Å². The zero-order chi connectivity index (χ0) is 12.4. The van der Waals surface area contributed by atoms with Crippen LogP contribution in [0.5, 0.6) is 0 Å². The normalized spacial score (nSPS) is 12.7. The van der Waals surface area contributed by atoms with Crippen LogP contribution >= 0.6 is 27.3 Å². The van der Waals surface area contributed by atoms with Crippen LogP contribution in [0.4, 0.5) is 4.39 Å². The third kappa shape index (κ3) is 2.44. The molecule has 1 unspecified atom stereocenters. The maximum Gasteiger partial charge on any atom is 0.129 e.